The molecule has 0 radical (unpaired) electrons. The fraction of sp³-hybridized carbons (Fsp3) is 0.238. The van der Waals surface area contributed by atoms with Crippen molar-refractivity contribution in [1.29, 1.82) is 0 Å². The molecule has 0 amide bonds. The molecule has 0 aliphatic carbocycles. The predicted octanol–water partition coefficient (Wildman–Crippen LogP) is 3.78. The minimum Gasteiger partial charge on any atom is -0.504 e. The Morgan fingerprint density at radius 1 is 1.18 bits per heavy atom. The zero-order valence-electron chi connectivity index (χ0n) is 15.4. The Morgan fingerprint density at radius 3 is 2.71 bits per heavy atom. The predicted molar refractivity (Wildman–Crippen MR) is 107 cm³/mol. The number of halogens is 1. The summed E-state index contributed by atoms with van der Waals surface area (Å²) >= 11 is 5.95. The van der Waals surface area contributed by atoms with E-state index < -0.39 is 0 Å². The van der Waals surface area contributed by atoms with Crippen molar-refractivity contribution in [3.05, 3.63) is 64.4 Å². The Bertz CT molecular complexity index is 1010. The van der Waals surface area contributed by atoms with Crippen LogP contribution in [0.15, 0.2) is 42.6 Å². The minimum atomic E-state index is -0.238. The Labute approximate surface area is 168 Å². The van der Waals surface area contributed by atoms with E-state index in [4.69, 9.17) is 21.3 Å². The molecule has 1 aliphatic rings. The van der Waals surface area contributed by atoms with Gasteiger partial charge in [0, 0.05) is 48.4 Å². The van der Waals surface area contributed by atoms with Gasteiger partial charge in [-0.1, -0.05) is 11.6 Å². The molecule has 0 bridgehead atoms. The number of aromatic hydroxyl groups is 2. The number of hydrogen-bond acceptors (Lipinski definition) is 6. The number of hydrogen-bond donors (Lipinski definition) is 2. The number of nitrogens with zero attached hydrogens (tertiary/aromatic N) is 3. The van der Waals surface area contributed by atoms with E-state index in [1.807, 2.05) is 30.5 Å². The molecule has 0 saturated carbocycles. The zero-order valence-corrected chi connectivity index (χ0v) is 16.1. The van der Waals surface area contributed by atoms with Gasteiger partial charge in [-0.15, -0.1) is 0 Å². The van der Waals surface area contributed by atoms with Crippen molar-refractivity contribution < 1.29 is 14.9 Å². The third-order valence-corrected chi connectivity index (χ3v) is 5.11. The van der Waals surface area contributed by atoms with Gasteiger partial charge < -0.3 is 14.9 Å². The van der Waals surface area contributed by atoms with Crippen LogP contribution in [-0.4, -0.2) is 38.7 Å². The van der Waals surface area contributed by atoms with E-state index in [1.54, 1.807) is 12.1 Å². The van der Waals surface area contributed by atoms with Gasteiger partial charge in [-0.3, -0.25) is 4.90 Å². The molecule has 0 unspecified atom stereocenters. The van der Waals surface area contributed by atoms with Gasteiger partial charge in [-0.2, -0.15) is 0 Å². The van der Waals surface area contributed by atoms with Gasteiger partial charge in [0.15, 0.2) is 17.3 Å². The Morgan fingerprint density at radius 2 is 1.96 bits per heavy atom. The first-order valence-electron chi connectivity index (χ1n) is 8.95. The summed E-state index contributed by atoms with van der Waals surface area (Å²) in [5.41, 5.74) is 3.97. The van der Waals surface area contributed by atoms with Gasteiger partial charge in [0.2, 0.25) is 5.75 Å². The largest absolute Gasteiger partial charge is 0.504 e. The monoisotopic (exact) mass is 397 g/mol. The average Bonchev–Trinajstić information content (AvgIpc) is 2.70. The first-order chi connectivity index (χ1) is 13.5. The molecule has 3 aromatic rings. The van der Waals surface area contributed by atoms with Crippen molar-refractivity contribution in [3.63, 3.8) is 0 Å². The smallest absolute Gasteiger partial charge is 0.200 e. The van der Waals surface area contributed by atoms with Gasteiger partial charge in [-0.05, 0) is 42.0 Å². The van der Waals surface area contributed by atoms with Gasteiger partial charge in [-0.25, -0.2) is 9.97 Å². The van der Waals surface area contributed by atoms with Crippen LogP contribution < -0.4 is 4.74 Å². The quantitative estimate of drug-likeness (QED) is 0.652. The third-order valence-electron chi connectivity index (χ3n) is 4.86. The lowest BCUT2D eigenvalue weighted by molar-refractivity contribution is 0.242. The normalized spacial score (nSPS) is 13.9. The van der Waals surface area contributed by atoms with E-state index in [0.29, 0.717) is 17.4 Å². The summed E-state index contributed by atoms with van der Waals surface area (Å²) < 4.78 is 5.12. The number of rotatable bonds is 4. The number of phenols is 2. The van der Waals surface area contributed by atoms with Crippen LogP contribution in [0.1, 0.15) is 16.8 Å². The molecule has 0 atom stereocenters. The van der Waals surface area contributed by atoms with Crippen LogP contribution in [0.5, 0.6) is 17.2 Å². The maximum absolute atomic E-state index is 9.88. The highest BCUT2D eigenvalue weighted by atomic mass is 35.5. The number of ether oxygens (including phenoxy) is 1. The minimum absolute atomic E-state index is 0.178. The Kier molecular flexibility index (Phi) is 5.07. The van der Waals surface area contributed by atoms with Crippen molar-refractivity contribution in [2.75, 3.05) is 13.7 Å². The van der Waals surface area contributed by atoms with Crippen LogP contribution in [0.25, 0.3) is 11.4 Å². The van der Waals surface area contributed by atoms with Crippen molar-refractivity contribution in [3.8, 4) is 28.6 Å². The highest BCUT2D eigenvalue weighted by Gasteiger charge is 2.20. The summed E-state index contributed by atoms with van der Waals surface area (Å²) in [5.74, 6) is 0.557. The molecule has 4 rings (SSSR count). The van der Waals surface area contributed by atoms with Crippen LogP contribution in [0.4, 0.5) is 0 Å². The zero-order chi connectivity index (χ0) is 19.7. The number of aromatic nitrogens is 2. The van der Waals surface area contributed by atoms with Gasteiger partial charge in [0.1, 0.15) is 0 Å². The summed E-state index contributed by atoms with van der Waals surface area (Å²) in [6, 6.07) is 10.8. The first-order valence-corrected chi connectivity index (χ1v) is 9.33. The van der Waals surface area contributed by atoms with Crippen LogP contribution in [-0.2, 0) is 19.5 Å². The van der Waals surface area contributed by atoms with E-state index in [0.717, 1.165) is 41.9 Å². The molecule has 144 valence electrons. The molecule has 0 spiro atoms. The van der Waals surface area contributed by atoms with Crippen molar-refractivity contribution in [2.45, 2.75) is 19.5 Å². The van der Waals surface area contributed by atoms with Crippen LogP contribution in [0.3, 0.4) is 0 Å². The Balaban J connectivity index is 1.51. The molecule has 1 aliphatic heterocycles. The molecule has 1 aromatic heterocycles. The molecular formula is C21H20ClN3O3. The molecule has 28 heavy (non-hydrogen) atoms. The molecule has 2 heterocycles. The van der Waals surface area contributed by atoms with E-state index in [9.17, 15) is 10.2 Å². The number of methoxy groups -OCH3 is 1. The summed E-state index contributed by atoms with van der Waals surface area (Å²) in [6.45, 7) is 2.19. The summed E-state index contributed by atoms with van der Waals surface area (Å²) in [6.07, 6.45) is 2.70. The van der Waals surface area contributed by atoms with Crippen molar-refractivity contribution in [2.24, 2.45) is 0 Å². The molecule has 7 heteroatoms. The number of benzene rings is 2. The molecule has 0 fully saturated rings. The maximum atomic E-state index is 9.88. The fourth-order valence-corrected chi connectivity index (χ4v) is 3.53. The summed E-state index contributed by atoms with van der Waals surface area (Å²) in [4.78, 5) is 11.5. The second-order valence-corrected chi connectivity index (χ2v) is 7.24. The van der Waals surface area contributed by atoms with Crippen molar-refractivity contribution in [1.82, 2.24) is 14.9 Å². The average molecular weight is 398 g/mol. The lowest BCUT2D eigenvalue weighted by Crippen LogP contribution is -2.31. The first kappa shape index (κ1) is 18.5. The van der Waals surface area contributed by atoms with Crippen LogP contribution in [0.2, 0.25) is 5.02 Å². The fourth-order valence-electron chi connectivity index (χ4n) is 3.40. The van der Waals surface area contributed by atoms with E-state index in [2.05, 4.69) is 9.88 Å². The lowest BCUT2D eigenvalue weighted by atomic mass is 10.1. The van der Waals surface area contributed by atoms with E-state index in [-0.39, 0.29) is 17.2 Å². The summed E-state index contributed by atoms with van der Waals surface area (Å²) in [5, 5.41) is 20.3. The van der Waals surface area contributed by atoms with E-state index in [1.165, 1.54) is 7.11 Å². The molecule has 0 saturated heterocycles. The highest BCUT2D eigenvalue weighted by Crippen LogP contribution is 2.36. The molecule has 2 aromatic carbocycles. The van der Waals surface area contributed by atoms with Crippen LogP contribution >= 0.6 is 11.6 Å². The van der Waals surface area contributed by atoms with Gasteiger partial charge >= 0.3 is 0 Å². The van der Waals surface area contributed by atoms with Crippen molar-refractivity contribution >= 4 is 11.6 Å². The molecule has 2 N–H and O–H groups in total. The number of fused-ring (bicyclic) bond motifs is 1. The lowest BCUT2D eigenvalue weighted by Gasteiger charge is -2.28. The highest BCUT2D eigenvalue weighted by molar-refractivity contribution is 6.30. The van der Waals surface area contributed by atoms with E-state index >= 15 is 0 Å². The molecular weight excluding hydrogens is 378 g/mol. The van der Waals surface area contributed by atoms with Gasteiger partial charge in [0.05, 0.1) is 12.8 Å². The number of phenolic OH excluding ortho intramolecular Hbond substituents is 2. The molecule has 6 nitrogen and oxygen atoms in total. The van der Waals surface area contributed by atoms with Gasteiger partial charge in [0.25, 0.3) is 0 Å². The Hall–Kier alpha value is -2.83. The SMILES string of the molecule is COc1cc(CN2CCc3nc(-c4ccc(Cl)cc4)ncc3C2)cc(O)c1O. The third kappa shape index (κ3) is 3.74. The standard InChI is InChI=1S/C21H20ClN3O3/c1-28-19-9-13(8-18(26)20(19)27)11-25-7-6-17-15(12-25)10-23-21(24-17)14-2-4-16(22)5-3-14/h2-5,8-10,26-27H,6-7,11-12H2,1H3. The second kappa shape index (κ2) is 7.66. The van der Waals surface area contributed by atoms with Crippen LogP contribution in [0, 0.1) is 0 Å². The second-order valence-electron chi connectivity index (χ2n) is 6.80. The summed E-state index contributed by atoms with van der Waals surface area (Å²) in [7, 11) is 1.46. The topological polar surface area (TPSA) is 78.7 Å². The maximum Gasteiger partial charge on any atom is 0.200 e.